The van der Waals surface area contributed by atoms with Crippen LogP contribution in [0.2, 0.25) is 0 Å². The SMILES string of the molecule is CC(NC(=O)OC(C)(C)C)SCC1=C(C(=O)O)N2C(=O)C(NC(=O)C(=NOC3C=CCC3)c3csc(N)n3)[C@@H]2SC1. The second-order valence-corrected chi connectivity index (χ2v) is 13.7. The van der Waals surface area contributed by atoms with Crippen molar-refractivity contribution in [3.63, 3.8) is 0 Å². The van der Waals surface area contributed by atoms with Gasteiger partial charge in [0.2, 0.25) is 0 Å². The third-order valence-electron chi connectivity index (χ3n) is 5.99. The minimum atomic E-state index is -1.24. The minimum absolute atomic E-state index is 0.112. The number of hydrogen-bond donors (Lipinski definition) is 4. The predicted octanol–water partition coefficient (Wildman–Crippen LogP) is 2.51. The van der Waals surface area contributed by atoms with Crippen molar-refractivity contribution in [1.82, 2.24) is 20.5 Å². The first kappa shape index (κ1) is 30.7. The highest BCUT2D eigenvalue weighted by molar-refractivity contribution is 8.01. The van der Waals surface area contributed by atoms with E-state index in [0.717, 1.165) is 24.2 Å². The lowest BCUT2D eigenvalue weighted by Crippen LogP contribution is -2.71. The summed E-state index contributed by atoms with van der Waals surface area (Å²) in [5.41, 5.74) is 5.62. The van der Waals surface area contributed by atoms with Gasteiger partial charge in [-0.1, -0.05) is 11.2 Å². The highest BCUT2D eigenvalue weighted by Crippen LogP contribution is 2.41. The number of allylic oxidation sites excluding steroid dienone is 1. The van der Waals surface area contributed by atoms with Crippen molar-refractivity contribution in [3.05, 3.63) is 34.5 Å². The molecule has 16 heteroatoms. The van der Waals surface area contributed by atoms with E-state index < -0.39 is 40.9 Å². The van der Waals surface area contributed by atoms with Gasteiger partial charge in [0, 0.05) is 16.9 Å². The maximum absolute atomic E-state index is 13.2. The molecule has 0 bridgehead atoms. The number of alkyl carbamates (subject to hydrolysis) is 1. The van der Waals surface area contributed by atoms with Crippen LogP contribution in [-0.2, 0) is 24.0 Å². The maximum Gasteiger partial charge on any atom is 0.408 e. The number of nitrogens with zero attached hydrogens (tertiary/aromatic N) is 3. The average Bonchev–Trinajstić information content (AvgIpc) is 3.56. The Labute approximate surface area is 249 Å². The van der Waals surface area contributed by atoms with Gasteiger partial charge in [-0.25, -0.2) is 14.6 Å². The van der Waals surface area contributed by atoms with E-state index in [-0.39, 0.29) is 39.5 Å². The van der Waals surface area contributed by atoms with Gasteiger partial charge in [-0.15, -0.1) is 34.9 Å². The molecule has 1 fully saturated rings. The molecule has 1 aromatic rings. The minimum Gasteiger partial charge on any atom is -0.477 e. The first-order chi connectivity index (χ1) is 19.3. The zero-order valence-corrected chi connectivity index (χ0v) is 25.4. The number of amides is 3. The van der Waals surface area contributed by atoms with Gasteiger partial charge in [0.05, 0.1) is 5.37 Å². The van der Waals surface area contributed by atoms with E-state index in [4.69, 9.17) is 15.3 Å². The molecule has 3 unspecified atom stereocenters. The summed E-state index contributed by atoms with van der Waals surface area (Å²) in [5.74, 6) is -1.87. The molecule has 1 aliphatic carbocycles. The number of hydrogen-bond acceptors (Lipinski definition) is 12. The fraction of sp³-hybridized carbons (Fsp3) is 0.520. The third-order valence-corrected chi connectivity index (χ3v) is 9.14. The number of rotatable bonds is 10. The van der Waals surface area contributed by atoms with Gasteiger partial charge in [-0.05, 0) is 52.2 Å². The van der Waals surface area contributed by atoms with E-state index in [1.54, 1.807) is 33.1 Å². The zero-order chi connectivity index (χ0) is 29.9. The molecule has 0 radical (unpaired) electrons. The van der Waals surface area contributed by atoms with E-state index in [2.05, 4.69) is 20.8 Å². The molecule has 41 heavy (non-hydrogen) atoms. The number of nitrogens with two attached hydrogens (primary N) is 1. The molecule has 1 saturated heterocycles. The normalized spacial score (nSPS) is 23.0. The van der Waals surface area contributed by atoms with E-state index in [0.29, 0.717) is 11.3 Å². The standard InChI is InChI=1S/C25H32N6O7S3/c1-12(27-24(36)37-25(2,3)4)39-9-13-10-40-21-17(20(33)31(21)18(13)22(34)35)29-19(32)16(15-11-41-23(26)28-15)30-38-14-7-5-6-8-14/h5,7,11-12,14,17,21H,6,8-10H2,1-4H3,(H2,26,28)(H,27,36)(H,29,32)(H,34,35)/t12?,14?,17?,21-/m0/s1. The number of nitrogens with one attached hydrogen (secondary N) is 2. The number of carbonyl (C=O) groups is 4. The number of thiazole rings is 1. The van der Waals surface area contributed by atoms with Gasteiger partial charge >= 0.3 is 12.1 Å². The molecule has 0 aromatic carbocycles. The Morgan fingerprint density at radius 1 is 1.37 bits per heavy atom. The van der Waals surface area contributed by atoms with Gasteiger partial charge in [0.1, 0.15) is 34.5 Å². The zero-order valence-electron chi connectivity index (χ0n) is 22.9. The number of oxime groups is 1. The lowest BCUT2D eigenvalue weighted by atomic mass is 10.0. The van der Waals surface area contributed by atoms with Crippen molar-refractivity contribution in [2.24, 2.45) is 5.16 Å². The molecule has 0 saturated carbocycles. The van der Waals surface area contributed by atoms with Crippen molar-refractivity contribution in [2.45, 2.75) is 69.0 Å². The summed E-state index contributed by atoms with van der Waals surface area (Å²) in [6, 6.07) is -0.962. The number of aliphatic carboxylic acids is 1. The Morgan fingerprint density at radius 3 is 2.73 bits per heavy atom. The number of thioether (sulfide) groups is 2. The molecule has 4 atom stereocenters. The molecule has 222 valence electrons. The summed E-state index contributed by atoms with van der Waals surface area (Å²) in [4.78, 5) is 61.5. The number of nitrogen functional groups attached to an aromatic ring is 1. The van der Waals surface area contributed by atoms with Crippen molar-refractivity contribution in [3.8, 4) is 0 Å². The maximum atomic E-state index is 13.2. The Bertz CT molecular complexity index is 1300. The van der Waals surface area contributed by atoms with Crippen LogP contribution in [0, 0.1) is 0 Å². The van der Waals surface area contributed by atoms with Crippen LogP contribution in [0.4, 0.5) is 9.93 Å². The lowest BCUT2D eigenvalue weighted by molar-refractivity contribution is -0.150. The smallest absolute Gasteiger partial charge is 0.408 e. The highest BCUT2D eigenvalue weighted by atomic mass is 32.2. The molecule has 2 aliphatic heterocycles. The molecule has 3 amide bonds. The Kier molecular flexibility index (Phi) is 9.54. The Morgan fingerprint density at radius 2 is 2.12 bits per heavy atom. The predicted molar refractivity (Wildman–Crippen MR) is 157 cm³/mol. The molecule has 1 aromatic heterocycles. The van der Waals surface area contributed by atoms with Crippen molar-refractivity contribution in [1.29, 1.82) is 0 Å². The molecular weight excluding hydrogens is 593 g/mol. The number of fused-ring (bicyclic) bond motifs is 1. The first-order valence-corrected chi connectivity index (χ1v) is 15.8. The van der Waals surface area contributed by atoms with Crippen LogP contribution in [0.15, 0.2) is 34.0 Å². The van der Waals surface area contributed by atoms with Gasteiger partial charge in [0.15, 0.2) is 10.8 Å². The summed E-state index contributed by atoms with van der Waals surface area (Å²) in [6.45, 7) is 7.03. The van der Waals surface area contributed by atoms with Crippen molar-refractivity contribution >= 4 is 69.6 Å². The topological polar surface area (TPSA) is 186 Å². The molecular formula is C25H32N6O7S3. The summed E-state index contributed by atoms with van der Waals surface area (Å²) in [6.07, 6.45) is 4.53. The number of carboxylic acid groups (broad SMARTS) is 1. The fourth-order valence-corrected chi connectivity index (χ4v) is 7.05. The number of β-lactam (4-membered cyclic amide) rings is 1. The largest absolute Gasteiger partial charge is 0.477 e. The third kappa shape index (κ3) is 7.54. The van der Waals surface area contributed by atoms with Crippen LogP contribution in [0.3, 0.4) is 0 Å². The van der Waals surface area contributed by atoms with Gasteiger partial charge < -0.3 is 31.0 Å². The molecule has 5 N–H and O–H groups in total. The highest BCUT2D eigenvalue weighted by Gasteiger charge is 2.54. The van der Waals surface area contributed by atoms with Crippen LogP contribution < -0.4 is 16.4 Å². The molecule has 13 nitrogen and oxygen atoms in total. The van der Waals surface area contributed by atoms with E-state index in [1.807, 2.05) is 12.2 Å². The van der Waals surface area contributed by atoms with Crippen LogP contribution in [0.1, 0.15) is 46.2 Å². The monoisotopic (exact) mass is 624 g/mol. The van der Waals surface area contributed by atoms with Crippen LogP contribution >= 0.6 is 34.9 Å². The van der Waals surface area contributed by atoms with Crippen LogP contribution in [0.5, 0.6) is 0 Å². The van der Waals surface area contributed by atoms with Crippen molar-refractivity contribution < 1.29 is 33.9 Å². The fourth-order valence-electron chi connectivity index (χ4n) is 4.16. The van der Waals surface area contributed by atoms with E-state index >= 15 is 0 Å². The molecule has 3 heterocycles. The molecule has 3 aliphatic rings. The second-order valence-electron chi connectivity index (χ2n) is 10.4. The molecule has 0 spiro atoms. The number of carbonyl (C=O) groups excluding carboxylic acids is 3. The van der Waals surface area contributed by atoms with Crippen molar-refractivity contribution in [2.75, 3.05) is 17.2 Å². The molecule has 4 rings (SSSR count). The van der Waals surface area contributed by atoms with E-state index in [1.165, 1.54) is 28.4 Å². The summed E-state index contributed by atoms with van der Waals surface area (Å²) in [7, 11) is 0. The Balaban J connectivity index is 1.42. The van der Waals surface area contributed by atoms with E-state index in [9.17, 15) is 24.3 Å². The number of carboxylic acids is 1. The Hall–Kier alpha value is -3.24. The van der Waals surface area contributed by atoms with Gasteiger partial charge in [-0.2, -0.15) is 0 Å². The summed E-state index contributed by atoms with van der Waals surface area (Å²) >= 11 is 3.79. The number of anilines is 1. The van der Waals surface area contributed by atoms with Gasteiger partial charge in [-0.3, -0.25) is 14.5 Å². The lowest BCUT2D eigenvalue weighted by Gasteiger charge is -2.49. The second kappa shape index (κ2) is 12.7. The number of aromatic nitrogens is 1. The quantitative estimate of drug-likeness (QED) is 0.0985. The summed E-state index contributed by atoms with van der Waals surface area (Å²) in [5, 5.41) is 20.2. The van der Waals surface area contributed by atoms with Gasteiger partial charge in [0.25, 0.3) is 11.8 Å². The van der Waals surface area contributed by atoms with Crippen LogP contribution in [0.25, 0.3) is 0 Å². The summed E-state index contributed by atoms with van der Waals surface area (Å²) < 4.78 is 5.25. The van der Waals surface area contributed by atoms with Crippen LogP contribution in [-0.4, -0.2) is 84.6 Å². The average molecular weight is 625 g/mol. The number of ether oxygens (including phenoxy) is 1. The first-order valence-electron chi connectivity index (χ1n) is 12.8.